The zero-order valence-electron chi connectivity index (χ0n) is 16.2. The fraction of sp³-hybridized carbons (Fsp3) is 0.611. The monoisotopic (exact) mass is 402 g/mol. The average Bonchev–Trinajstić information content (AvgIpc) is 2.64. The lowest BCUT2D eigenvalue weighted by atomic mass is 10.1. The van der Waals surface area contributed by atoms with Gasteiger partial charge in [-0.2, -0.15) is 0 Å². The van der Waals surface area contributed by atoms with Crippen molar-refractivity contribution in [3.05, 3.63) is 18.2 Å². The Morgan fingerprint density at radius 2 is 1.63 bits per heavy atom. The summed E-state index contributed by atoms with van der Waals surface area (Å²) in [5.74, 6) is 0.668. The van der Waals surface area contributed by atoms with Gasteiger partial charge in [0.25, 0.3) is 0 Å². The van der Waals surface area contributed by atoms with Crippen LogP contribution >= 0.6 is 7.82 Å². The largest absolute Gasteiger partial charge is 0.746 e. The van der Waals surface area contributed by atoms with Gasteiger partial charge in [-0.1, -0.05) is 32.6 Å². The standard InChI is InChI=1S/C18H30NO7P/c1-4-5-6-7-8-9-18(20)19-10-11-25-27(21,22)26-17-13-15(23-2)12-16(14-17)24-3/h12-14H,4-11H2,1-3H3,(H,19,20)(H,21,22)/p-1. The highest BCUT2D eigenvalue weighted by molar-refractivity contribution is 7.46. The Balaban J connectivity index is 2.33. The number of methoxy groups -OCH3 is 2. The first-order valence-corrected chi connectivity index (χ1v) is 10.5. The van der Waals surface area contributed by atoms with Crippen LogP contribution in [0, 0.1) is 0 Å². The van der Waals surface area contributed by atoms with E-state index in [-0.39, 0.29) is 24.8 Å². The number of phosphoric ester groups is 1. The molecule has 154 valence electrons. The van der Waals surface area contributed by atoms with Crippen molar-refractivity contribution in [2.75, 3.05) is 27.4 Å². The summed E-state index contributed by atoms with van der Waals surface area (Å²) < 4.78 is 31.7. The van der Waals surface area contributed by atoms with Gasteiger partial charge in [0.2, 0.25) is 5.91 Å². The first-order chi connectivity index (χ1) is 12.9. The molecule has 1 amide bonds. The molecule has 0 aliphatic heterocycles. The number of hydrogen-bond donors (Lipinski definition) is 1. The zero-order valence-corrected chi connectivity index (χ0v) is 17.1. The van der Waals surface area contributed by atoms with Crippen LogP contribution in [0.2, 0.25) is 0 Å². The molecule has 1 rings (SSSR count). The average molecular weight is 402 g/mol. The quantitative estimate of drug-likeness (QED) is 0.376. The maximum atomic E-state index is 11.9. The summed E-state index contributed by atoms with van der Waals surface area (Å²) >= 11 is 0. The van der Waals surface area contributed by atoms with E-state index in [0.717, 1.165) is 25.7 Å². The summed E-state index contributed by atoms with van der Waals surface area (Å²) in [6, 6.07) is 4.38. The Morgan fingerprint density at radius 1 is 1.04 bits per heavy atom. The molecule has 1 unspecified atom stereocenters. The predicted octanol–water partition coefficient (Wildman–Crippen LogP) is 3.04. The Labute approximate surface area is 160 Å². The van der Waals surface area contributed by atoms with E-state index >= 15 is 0 Å². The zero-order chi connectivity index (χ0) is 20.1. The van der Waals surface area contributed by atoms with Crippen LogP contribution in [-0.2, 0) is 13.9 Å². The minimum atomic E-state index is -4.58. The summed E-state index contributed by atoms with van der Waals surface area (Å²) in [6.07, 6.45) is 5.73. The van der Waals surface area contributed by atoms with Crippen molar-refractivity contribution >= 4 is 13.7 Å². The lowest BCUT2D eigenvalue weighted by Gasteiger charge is -2.23. The summed E-state index contributed by atoms with van der Waals surface area (Å²) in [7, 11) is -1.70. The number of phosphoric acid groups is 1. The van der Waals surface area contributed by atoms with Gasteiger partial charge in [-0.25, -0.2) is 0 Å². The van der Waals surface area contributed by atoms with Gasteiger partial charge in [-0.05, 0) is 6.42 Å². The van der Waals surface area contributed by atoms with Gasteiger partial charge in [0.1, 0.15) is 17.2 Å². The Hall–Kier alpha value is -1.76. The second-order valence-corrected chi connectivity index (χ2v) is 7.27. The van der Waals surface area contributed by atoms with Crippen LogP contribution in [0.5, 0.6) is 17.2 Å². The number of rotatable bonds is 14. The smallest absolute Gasteiger partial charge is 0.319 e. The molecule has 1 atom stereocenters. The Bertz CT molecular complexity index is 601. The van der Waals surface area contributed by atoms with Crippen molar-refractivity contribution in [3.8, 4) is 17.2 Å². The van der Waals surface area contributed by atoms with Gasteiger partial charge in [0, 0.05) is 31.2 Å². The molecule has 0 bridgehead atoms. The Kier molecular flexibility index (Phi) is 10.9. The molecule has 0 radical (unpaired) electrons. The lowest BCUT2D eigenvalue weighted by molar-refractivity contribution is -0.216. The van der Waals surface area contributed by atoms with E-state index in [1.165, 1.54) is 32.8 Å². The van der Waals surface area contributed by atoms with E-state index in [4.69, 9.17) is 18.5 Å². The molecule has 1 aromatic rings. The summed E-state index contributed by atoms with van der Waals surface area (Å²) in [4.78, 5) is 23.6. The molecule has 0 spiro atoms. The van der Waals surface area contributed by atoms with Gasteiger partial charge in [0.05, 0.1) is 20.8 Å². The van der Waals surface area contributed by atoms with Crippen LogP contribution in [0.15, 0.2) is 18.2 Å². The van der Waals surface area contributed by atoms with Crippen LogP contribution in [0.1, 0.15) is 45.4 Å². The number of benzene rings is 1. The highest BCUT2D eigenvalue weighted by atomic mass is 31.2. The second kappa shape index (κ2) is 12.6. The first kappa shape index (κ1) is 23.3. The maximum absolute atomic E-state index is 11.9. The molecule has 27 heavy (non-hydrogen) atoms. The fourth-order valence-corrected chi connectivity index (χ4v) is 3.05. The number of amides is 1. The second-order valence-electron chi connectivity index (χ2n) is 5.93. The van der Waals surface area contributed by atoms with Crippen LogP contribution in [0.3, 0.4) is 0 Å². The highest BCUT2D eigenvalue weighted by Gasteiger charge is 2.13. The fourth-order valence-electron chi connectivity index (χ4n) is 2.31. The van der Waals surface area contributed by atoms with Crippen molar-refractivity contribution < 1.29 is 32.8 Å². The van der Waals surface area contributed by atoms with Crippen LogP contribution in [0.4, 0.5) is 0 Å². The van der Waals surface area contributed by atoms with Crippen molar-refractivity contribution in [2.45, 2.75) is 45.4 Å². The van der Waals surface area contributed by atoms with E-state index in [2.05, 4.69) is 12.2 Å². The van der Waals surface area contributed by atoms with Gasteiger partial charge in [-0.3, -0.25) is 9.36 Å². The van der Waals surface area contributed by atoms with Crippen LogP contribution < -0.4 is 24.2 Å². The minimum Gasteiger partial charge on any atom is -0.746 e. The number of nitrogens with one attached hydrogen (secondary N) is 1. The minimum absolute atomic E-state index is 0.0145. The van der Waals surface area contributed by atoms with E-state index in [1.807, 2.05) is 0 Å². The van der Waals surface area contributed by atoms with E-state index in [0.29, 0.717) is 17.9 Å². The number of unbranched alkanes of at least 4 members (excludes halogenated alkanes) is 4. The van der Waals surface area contributed by atoms with Crippen molar-refractivity contribution in [1.29, 1.82) is 0 Å². The molecule has 1 aromatic carbocycles. The van der Waals surface area contributed by atoms with E-state index in [1.54, 1.807) is 6.07 Å². The number of hydrogen-bond acceptors (Lipinski definition) is 7. The normalized spacial score (nSPS) is 12.9. The first-order valence-electron chi connectivity index (χ1n) is 9.05. The topological polar surface area (TPSA) is 106 Å². The third-order valence-electron chi connectivity index (χ3n) is 3.72. The summed E-state index contributed by atoms with van der Waals surface area (Å²) in [5.41, 5.74) is 0. The third-order valence-corrected chi connectivity index (χ3v) is 4.66. The van der Waals surface area contributed by atoms with Crippen LogP contribution in [-0.4, -0.2) is 33.3 Å². The van der Waals surface area contributed by atoms with Gasteiger partial charge < -0.3 is 28.7 Å². The number of carbonyl (C=O) groups is 1. The molecule has 0 aromatic heterocycles. The van der Waals surface area contributed by atoms with Gasteiger partial charge >= 0.3 is 7.82 Å². The molecular formula is C18H29NO7P-. The highest BCUT2D eigenvalue weighted by Crippen LogP contribution is 2.41. The van der Waals surface area contributed by atoms with E-state index < -0.39 is 7.82 Å². The maximum Gasteiger partial charge on any atom is 0.319 e. The molecule has 0 aliphatic rings. The Morgan fingerprint density at radius 3 is 2.22 bits per heavy atom. The molecule has 0 aliphatic carbocycles. The van der Waals surface area contributed by atoms with Crippen molar-refractivity contribution in [2.24, 2.45) is 0 Å². The third kappa shape index (κ3) is 10.2. The predicted molar refractivity (Wildman–Crippen MR) is 100 cm³/mol. The number of ether oxygens (including phenoxy) is 2. The molecule has 0 saturated heterocycles. The van der Waals surface area contributed by atoms with Crippen molar-refractivity contribution in [3.63, 3.8) is 0 Å². The van der Waals surface area contributed by atoms with Crippen molar-refractivity contribution in [1.82, 2.24) is 5.32 Å². The molecule has 0 heterocycles. The molecule has 8 nitrogen and oxygen atoms in total. The lowest BCUT2D eigenvalue weighted by Crippen LogP contribution is -2.27. The van der Waals surface area contributed by atoms with E-state index in [9.17, 15) is 14.3 Å². The molecule has 9 heteroatoms. The molecule has 0 fully saturated rings. The SMILES string of the molecule is CCCCCCCC(=O)NCCOP(=O)([O-])Oc1cc(OC)cc(OC)c1. The number of carbonyl (C=O) groups excluding carboxylic acids is 1. The van der Waals surface area contributed by atoms with Gasteiger partial charge in [0.15, 0.2) is 0 Å². The van der Waals surface area contributed by atoms with Gasteiger partial charge in [-0.15, -0.1) is 0 Å². The summed E-state index contributed by atoms with van der Waals surface area (Å²) in [6.45, 7) is 2.02. The molecule has 0 saturated carbocycles. The molecule has 1 N–H and O–H groups in total. The summed E-state index contributed by atoms with van der Waals surface area (Å²) in [5, 5.41) is 2.63. The van der Waals surface area contributed by atoms with Crippen LogP contribution in [0.25, 0.3) is 0 Å². The molecular weight excluding hydrogens is 373 g/mol.